The number of nitrogens with one attached hydrogen (secondary N) is 1. The van der Waals surface area contributed by atoms with Crippen molar-refractivity contribution in [2.45, 2.75) is 25.8 Å². The van der Waals surface area contributed by atoms with Gasteiger partial charge < -0.3 is 10.2 Å². The zero-order valence-corrected chi connectivity index (χ0v) is 11.8. The van der Waals surface area contributed by atoms with E-state index in [-0.39, 0.29) is 17.4 Å². The Hall–Kier alpha value is -1.49. The second-order valence-corrected chi connectivity index (χ2v) is 5.33. The number of nitrogens with zero attached hydrogens (tertiary/aromatic N) is 1. The molecule has 1 aromatic carbocycles. The van der Waals surface area contributed by atoms with Crippen LogP contribution >= 0.6 is 0 Å². The number of hydrogen-bond acceptors (Lipinski definition) is 2. The molecule has 0 unspecified atom stereocenters. The van der Waals surface area contributed by atoms with Crippen molar-refractivity contribution in [3.05, 3.63) is 35.4 Å². The average Bonchev–Trinajstić information content (AvgIpc) is 2.48. The van der Waals surface area contributed by atoms with Crippen molar-refractivity contribution in [2.75, 3.05) is 20.1 Å². The van der Waals surface area contributed by atoms with E-state index in [1.54, 1.807) is 14.0 Å². The molecule has 2 rings (SSSR count). The lowest BCUT2D eigenvalue weighted by atomic mass is 9.96. The van der Waals surface area contributed by atoms with Crippen LogP contribution in [-0.4, -0.2) is 30.9 Å². The van der Waals surface area contributed by atoms with Crippen molar-refractivity contribution < 1.29 is 13.6 Å². The van der Waals surface area contributed by atoms with Gasteiger partial charge in [0.1, 0.15) is 11.6 Å². The van der Waals surface area contributed by atoms with Gasteiger partial charge in [-0.15, -0.1) is 0 Å². The second-order valence-electron chi connectivity index (χ2n) is 5.33. The molecule has 0 bridgehead atoms. The largest absolute Gasteiger partial charge is 0.339 e. The van der Waals surface area contributed by atoms with Gasteiger partial charge in [-0.25, -0.2) is 8.78 Å². The van der Waals surface area contributed by atoms with Crippen LogP contribution in [0.4, 0.5) is 8.78 Å². The molecular weight excluding hydrogens is 262 g/mol. The fourth-order valence-corrected chi connectivity index (χ4v) is 2.58. The highest BCUT2D eigenvalue weighted by molar-refractivity contribution is 5.79. The van der Waals surface area contributed by atoms with Crippen molar-refractivity contribution in [1.82, 2.24) is 10.2 Å². The Kier molecular flexibility index (Phi) is 4.70. The molecule has 1 saturated heterocycles. The zero-order chi connectivity index (χ0) is 14.7. The molecule has 1 heterocycles. The first-order valence-electron chi connectivity index (χ1n) is 6.93. The summed E-state index contributed by atoms with van der Waals surface area (Å²) in [5.74, 6) is -1.07. The number of piperidine rings is 1. The van der Waals surface area contributed by atoms with Crippen molar-refractivity contribution in [1.29, 1.82) is 0 Å². The second kappa shape index (κ2) is 6.31. The van der Waals surface area contributed by atoms with Crippen LogP contribution in [0.1, 0.15) is 31.4 Å². The summed E-state index contributed by atoms with van der Waals surface area (Å²) in [6.45, 7) is 3.30. The van der Waals surface area contributed by atoms with Crippen LogP contribution in [0.5, 0.6) is 0 Å². The lowest BCUT2D eigenvalue weighted by Crippen LogP contribution is -2.42. The van der Waals surface area contributed by atoms with Gasteiger partial charge in [-0.05, 0) is 44.5 Å². The smallest absolute Gasteiger partial charge is 0.227 e. The van der Waals surface area contributed by atoms with E-state index in [4.69, 9.17) is 0 Å². The molecule has 1 fully saturated rings. The minimum atomic E-state index is -0.492. The standard InChI is InChI=1S/C15H20F2N2O/c1-10(13-8-12(16)5-6-14(13)17)19(2)15(20)11-4-3-7-18-9-11/h5-6,8,10-11,18H,3-4,7,9H2,1-2H3/t10-,11-/m0/s1. The molecule has 3 nitrogen and oxygen atoms in total. The molecule has 1 N–H and O–H groups in total. The van der Waals surface area contributed by atoms with Gasteiger partial charge in [0.05, 0.1) is 12.0 Å². The minimum Gasteiger partial charge on any atom is -0.339 e. The first kappa shape index (κ1) is 14.9. The normalized spacial score (nSPS) is 20.5. The van der Waals surface area contributed by atoms with Gasteiger partial charge in [-0.3, -0.25) is 4.79 Å². The Morgan fingerprint density at radius 2 is 2.20 bits per heavy atom. The number of carbonyl (C=O) groups excluding carboxylic acids is 1. The first-order valence-corrected chi connectivity index (χ1v) is 6.93. The Labute approximate surface area is 118 Å². The number of rotatable bonds is 3. The van der Waals surface area contributed by atoms with E-state index < -0.39 is 17.7 Å². The van der Waals surface area contributed by atoms with E-state index in [0.717, 1.165) is 37.6 Å². The lowest BCUT2D eigenvalue weighted by molar-refractivity contribution is -0.136. The fraction of sp³-hybridized carbons (Fsp3) is 0.533. The lowest BCUT2D eigenvalue weighted by Gasteiger charge is -2.31. The van der Waals surface area contributed by atoms with Crippen LogP contribution in [0.15, 0.2) is 18.2 Å². The predicted molar refractivity (Wildman–Crippen MR) is 73.1 cm³/mol. The molecule has 1 aliphatic heterocycles. The predicted octanol–water partition coefficient (Wildman–Crippen LogP) is 2.48. The van der Waals surface area contributed by atoms with E-state index in [9.17, 15) is 13.6 Å². The highest BCUT2D eigenvalue weighted by Crippen LogP contribution is 2.25. The van der Waals surface area contributed by atoms with E-state index in [1.165, 1.54) is 4.90 Å². The maximum absolute atomic E-state index is 13.8. The fourth-order valence-electron chi connectivity index (χ4n) is 2.58. The summed E-state index contributed by atoms with van der Waals surface area (Å²) in [5, 5.41) is 3.19. The van der Waals surface area contributed by atoms with Gasteiger partial charge in [0, 0.05) is 19.2 Å². The molecule has 1 amide bonds. The summed E-state index contributed by atoms with van der Waals surface area (Å²) in [7, 11) is 1.64. The molecule has 1 aromatic rings. The van der Waals surface area contributed by atoms with Gasteiger partial charge in [0.15, 0.2) is 0 Å². The maximum atomic E-state index is 13.8. The van der Waals surface area contributed by atoms with E-state index >= 15 is 0 Å². The number of halogens is 2. The van der Waals surface area contributed by atoms with Crippen LogP contribution in [0.2, 0.25) is 0 Å². The molecule has 0 radical (unpaired) electrons. The molecule has 2 atom stereocenters. The zero-order valence-electron chi connectivity index (χ0n) is 11.8. The molecule has 0 spiro atoms. The van der Waals surface area contributed by atoms with Crippen LogP contribution in [0.25, 0.3) is 0 Å². The van der Waals surface area contributed by atoms with Crippen LogP contribution in [0, 0.1) is 17.6 Å². The molecule has 110 valence electrons. The van der Waals surface area contributed by atoms with Gasteiger partial charge in [0.2, 0.25) is 5.91 Å². The van der Waals surface area contributed by atoms with Gasteiger partial charge in [0.25, 0.3) is 0 Å². The third-order valence-corrected chi connectivity index (χ3v) is 3.98. The highest BCUT2D eigenvalue weighted by Gasteiger charge is 2.28. The molecule has 0 aromatic heterocycles. The van der Waals surface area contributed by atoms with E-state index in [1.807, 2.05) is 0 Å². The summed E-state index contributed by atoms with van der Waals surface area (Å²) in [6.07, 6.45) is 1.81. The quantitative estimate of drug-likeness (QED) is 0.923. The summed E-state index contributed by atoms with van der Waals surface area (Å²) in [5.41, 5.74) is 0.213. The summed E-state index contributed by atoms with van der Waals surface area (Å²) >= 11 is 0. The highest BCUT2D eigenvalue weighted by atomic mass is 19.1. The molecular formula is C15H20F2N2O. The summed E-state index contributed by atoms with van der Waals surface area (Å²) in [4.78, 5) is 13.9. The Bertz CT molecular complexity index is 487. The Morgan fingerprint density at radius 3 is 2.85 bits per heavy atom. The molecule has 0 aliphatic carbocycles. The van der Waals surface area contributed by atoms with Crippen molar-refractivity contribution in [3.63, 3.8) is 0 Å². The minimum absolute atomic E-state index is 0.0200. The molecule has 1 aliphatic rings. The average molecular weight is 282 g/mol. The van der Waals surface area contributed by atoms with Crippen molar-refractivity contribution in [3.8, 4) is 0 Å². The number of amides is 1. The van der Waals surface area contributed by atoms with Crippen LogP contribution in [-0.2, 0) is 4.79 Å². The number of carbonyl (C=O) groups is 1. The Balaban J connectivity index is 2.12. The summed E-state index contributed by atoms with van der Waals surface area (Å²) < 4.78 is 27.0. The van der Waals surface area contributed by atoms with E-state index in [2.05, 4.69) is 5.32 Å². The third kappa shape index (κ3) is 3.15. The number of benzene rings is 1. The van der Waals surface area contributed by atoms with Crippen molar-refractivity contribution >= 4 is 5.91 Å². The number of hydrogen-bond donors (Lipinski definition) is 1. The monoisotopic (exact) mass is 282 g/mol. The summed E-state index contributed by atoms with van der Waals surface area (Å²) in [6, 6.07) is 2.85. The van der Waals surface area contributed by atoms with E-state index in [0.29, 0.717) is 6.54 Å². The third-order valence-electron chi connectivity index (χ3n) is 3.98. The van der Waals surface area contributed by atoms with Crippen LogP contribution < -0.4 is 5.32 Å². The first-order chi connectivity index (χ1) is 9.50. The maximum Gasteiger partial charge on any atom is 0.227 e. The van der Waals surface area contributed by atoms with Gasteiger partial charge in [-0.1, -0.05) is 0 Å². The van der Waals surface area contributed by atoms with Crippen LogP contribution in [0.3, 0.4) is 0 Å². The topological polar surface area (TPSA) is 32.3 Å². The molecule has 20 heavy (non-hydrogen) atoms. The van der Waals surface area contributed by atoms with Crippen molar-refractivity contribution in [2.24, 2.45) is 5.92 Å². The molecule has 0 saturated carbocycles. The van der Waals surface area contributed by atoms with Gasteiger partial charge >= 0.3 is 0 Å². The SMILES string of the molecule is C[C@@H](c1cc(F)ccc1F)N(C)C(=O)[C@H]1CCCNC1. The van der Waals surface area contributed by atoms with Gasteiger partial charge in [-0.2, -0.15) is 0 Å². The Morgan fingerprint density at radius 1 is 1.45 bits per heavy atom. The molecule has 5 heteroatoms.